The fourth-order valence-electron chi connectivity index (χ4n) is 5.73. The van der Waals surface area contributed by atoms with Gasteiger partial charge in [-0.05, 0) is 65.7 Å². The summed E-state index contributed by atoms with van der Waals surface area (Å²) in [5.74, 6) is 1.54. The summed E-state index contributed by atoms with van der Waals surface area (Å²) in [5, 5.41) is 4.23. The average Bonchev–Trinajstić information content (AvgIpc) is 3.67. The first kappa shape index (κ1) is 24.4. The van der Waals surface area contributed by atoms with E-state index < -0.39 is 0 Å². The number of fused-ring (bicyclic) bond motifs is 7. The molecule has 0 aliphatic carbocycles. The lowest BCUT2D eigenvalue weighted by Gasteiger charge is -2.08. The van der Waals surface area contributed by atoms with Crippen LogP contribution in [0, 0.1) is 0 Å². The van der Waals surface area contributed by atoms with E-state index in [4.69, 9.17) is 18.8 Å². The highest BCUT2D eigenvalue weighted by Crippen LogP contribution is 2.39. The molecule has 7 nitrogen and oxygen atoms in total. The zero-order valence-corrected chi connectivity index (χ0v) is 23.2. The van der Waals surface area contributed by atoms with Gasteiger partial charge in [0.05, 0.1) is 0 Å². The maximum atomic E-state index is 6.43. The Balaban J connectivity index is 1.11. The zero-order valence-electron chi connectivity index (χ0n) is 23.2. The third kappa shape index (κ3) is 3.94. The van der Waals surface area contributed by atoms with Crippen LogP contribution in [0.3, 0.4) is 0 Å². The SMILES string of the molecule is c1ccc(-c2nc(-c3ccc(-c4ccc5c(c4)oc4c5ccc5c6ccccc6oc54)cc3)nc(-c3ccccn3)n2)nc1. The van der Waals surface area contributed by atoms with Crippen LogP contribution in [0.1, 0.15) is 0 Å². The Morgan fingerprint density at radius 1 is 0.386 bits per heavy atom. The molecule has 44 heavy (non-hydrogen) atoms. The van der Waals surface area contributed by atoms with Crippen molar-refractivity contribution in [2.45, 2.75) is 0 Å². The van der Waals surface area contributed by atoms with Crippen molar-refractivity contribution in [3.05, 3.63) is 128 Å². The van der Waals surface area contributed by atoms with Gasteiger partial charge >= 0.3 is 0 Å². The largest absolute Gasteiger partial charge is 0.452 e. The van der Waals surface area contributed by atoms with E-state index in [0.717, 1.165) is 60.6 Å². The molecular formula is C37H21N5O2. The summed E-state index contributed by atoms with van der Waals surface area (Å²) in [4.78, 5) is 23.1. The van der Waals surface area contributed by atoms with Gasteiger partial charge in [-0.3, -0.25) is 9.97 Å². The Kier molecular flexibility index (Phi) is 5.36. The van der Waals surface area contributed by atoms with Gasteiger partial charge in [0.15, 0.2) is 28.6 Å². The van der Waals surface area contributed by atoms with E-state index in [9.17, 15) is 0 Å². The molecule has 0 amide bonds. The molecule has 0 aliphatic heterocycles. The number of hydrogen-bond donors (Lipinski definition) is 0. The van der Waals surface area contributed by atoms with E-state index in [1.165, 1.54) is 0 Å². The van der Waals surface area contributed by atoms with Crippen molar-refractivity contribution in [3.8, 4) is 45.6 Å². The maximum absolute atomic E-state index is 6.43. The van der Waals surface area contributed by atoms with Crippen molar-refractivity contribution in [2.75, 3.05) is 0 Å². The molecule has 0 spiro atoms. The molecule has 206 valence electrons. The smallest absolute Gasteiger partial charge is 0.182 e. The summed E-state index contributed by atoms with van der Waals surface area (Å²) in [6.07, 6.45) is 3.46. The predicted octanol–water partition coefficient (Wildman–Crippen LogP) is 9.13. The molecule has 0 aliphatic rings. The van der Waals surface area contributed by atoms with E-state index in [1.54, 1.807) is 12.4 Å². The van der Waals surface area contributed by atoms with E-state index >= 15 is 0 Å². The van der Waals surface area contributed by atoms with Gasteiger partial charge in [-0.15, -0.1) is 0 Å². The van der Waals surface area contributed by atoms with Gasteiger partial charge in [-0.25, -0.2) is 15.0 Å². The lowest BCUT2D eigenvalue weighted by molar-refractivity contribution is 0.633. The Bertz CT molecular complexity index is 2430. The molecule has 0 unspecified atom stereocenters. The van der Waals surface area contributed by atoms with Crippen LogP contribution < -0.4 is 0 Å². The summed E-state index contributed by atoms with van der Waals surface area (Å²) in [6, 6.07) is 38.2. The van der Waals surface area contributed by atoms with Gasteiger partial charge in [-0.1, -0.05) is 60.7 Å². The van der Waals surface area contributed by atoms with Crippen LogP contribution in [0.15, 0.2) is 136 Å². The van der Waals surface area contributed by atoms with E-state index in [0.29, 0.717) is 28.9 Å². The first-order valence-electron chi connectivity index (χ1n) is 14.2. The standard InChI is InChI=1S/C37H21N5O2/c1-2-10-31-25(7-1)27-17-18-28-26-16-15-24(21-32(26)44-34(28)33(27)43-31)22-11-13-23(14-12-22)35-40-36(29-8-3-5-19-38-29)42-37(41-35)30-9-4-6-20-39-30/h1-21H. The molecular weight excluding hydrogens is 546 g/mol. The first-order chi connectivity index (χ1) is 21.8. The Morgan fingerprint density at radius 3 is 1.57 bits per heavy atom. The fourth-order valence-corrected chi connectivity index (χ4v) is 5.73. The minimum atomic E-state index is 0.495. The first-order valence-corrected chi connectivity index (χ1v) is 14.2. The van der Waals surface area contributed by atoms with E-state index in [1.807, 2.05) is 66.7 Å². The van der Waals surface area contributed by atoms with E-state index in [-0.39, 0.29) is 0 Å². The average molecular weight is 568 g/mol. The van der Waals surface area contributed by atoms with Gasteiger partial charge in [0, 0.05) is 39.5 Å². The second-order valence-electron chi connectivity index (χ2n) is 10.5. The minimum absolute atomic E-state index is 0.495. The third-order valence-corrected chi connectivity index (χ3v) is 7.89. The topological polar surface area (TPSA) is 90.7 Å². The van der Waals surface area contributed by atoms with Gasteiger partial charge in [0.2, 0.25) is 0 Å². The van der Waals surface area contributed by atoms with Crippen molar-refractivity contribution in [1.29, 1.82) is 0 Å². The number of aromatic nitrogens is 5. The number of hydrogen-bond acceptors (Lipinski definition) is 7. The Morgan fingerprint density at radius 2 is 0.909 bits per heavy atom. The van der Waals surface area contributed by atoms with Crippen molar-refractivity contribution in [3.63, 3.8) is 0 Å². The van der Waals surface area contributed by atoms with Crippen molar-refractivity contribution < 1.29 is 8.83 Å². The number of furan rings is 2. The molecule has 4 aromatic carbocycles. The highest BCUT2D eigenvalue weighted by atomic mass is 16.4. The van der Waals surface area contributed by atoms with Crippen LogP contribution in [-0.2, 0) is 0 Å². The van der Waals surface area contributed by atoms with Crippen LogP contribution >= 0.6 is 0 Å². The lowest BCUT2D eigenvalue weighted by Crippen LogP contribution is -2.01. The molecule has 5 aromatic heterocycles. The summed E-state index contributed by atoms with van der Waals surface area (Å²) < 4.78 is 12.6. The Hall–Kier alpha value is -6.21. The molecule has 7 heteroatoms. The Labute approximate surface area is 250 Å². The van der Waals surface area contributed by atoms with E-state index in [2.05, 4.69) is 63.5 Å². The van der Waals surface area contributed by atoms with Gasteiger partial charge in [-0.2, -0.15) is 0 Å². The monoisotopic (exact) mass is 567 g/mol. The minimum Gasteiger partial charge on any atom is -0.452 e. The summed E-state index contributed by atoms with van der Waals surface area (Å²) >= 11 is 0. The molecule has 0 fully saturated rings. The zero-order chi connectivity index (χ0) is 29.0. The normalized spacial score (nSPS) is 11.6. The quantitative estimate of drug-likeness (QED) is 0.209. The molecule has 9 aromatic rings. The molecule has 0 saturated heterocycles. The maximum Gasteiger partial charge on any atom is 0.182 e. The van der Waals surface area contributed by atoms with Crippen LogP contribution in [0.4, 0.5) is 0 Å². The van der Waals surface area contributed by atoms with Crippen molar-refractivity contribution in [1.82, 2.24) is 24.9 Å². The van der Waals surface area contributed by atoms with Crippen molar-refractivity contribution >= 4 is 43.9 Å². The van der Waals surface area contributed by atoms with Gasteiger partial charge in [0.25, 0.3) is 0 Å². The fraction of sp³-hybridized carbons (Fsp3) is 0. The molecule has 9 rings (SSSR count). The lowest BCUT2D eigenvalue weighted by atomic mass is 10.0. The van der Waals surface area contributed by atoms with Crippen LogP contribution in [0.25, 0.3) is 89.4 Å². The molecule has 0 N–H and O–H groups in total. The number of benzene rings is 4. The molecule has 5 heterocycles. The predicted molar refractivity (Wildman–Crippen MR) is 172 cm³/mol. The molecule has 0 bridgehead atoms. The summed E-state index contributed by atoms with van der Waals surface area (Å²) in [7, 11) is 0. The summed E-state index contributed by atoms with van der Waals surface area (Å²) in [6.45, 7) is 0. The second kappa shape index (κ2) is 9.68. The van der Waals surface area contributed by atoms with Crippen LogP contribution in [0.2, 0.25) is 0 Å². The highest BCUT2D eigenvalue weighted by Gasteiger charge is 2.17. The number of nitrogens with zero attached hydrogens (tertiary/aromatic N) is 5. The van der Waals surface area contributed by atoms with Gasteiger partial charge in [0.1, 0.15) is 22.6 Å². The van der Waals surface area contributed by atoms with Crippen LogP contribution in [-0.4, -0.2) is 24.9 Å². The molecule has 0 saturated carbocycles. The highest BCUT2D eigenvalue weighted by molar-refractivity contribution is 6.19. The van der Waals surface area contributed by atoms with Gasteiger partial charge < -0.3 is 8.83 Å². The second-order valence-corrected chi connectivity index (χ2v) is 10.5. The third-order valence-electron chi connectivity index (χ3n) is 7.89. The number of para-hydroxylation sites is 1. The number of rotatable bonds is 4. The summed E-state index contributed by atoms with van der Waals surface area (Å²) in [5.41, 5.74) is 7.51. The van der Waals surface area contributed by atoms with Crippen molar-refractivity contribution in [2.24, 2.45) is 0 Å². The van der Waals surface area contributed by atoms with Crippen LogP contribution in [0.5, 0.6) is 0 Å². The number of pyridine rings is 2. The molecule has 0 atom stereocenters. The molecule has 0 radical (unpaired) electrons.